The first-order chi connectivity index (χ1) is 11.5. The van der Waals surface area contributed by atoms with E-state index in [9.17, 15) is 8.42 Å². The summed E-state index contributed by atoms with van der Waals surface area (Å²) in [6.45, 7) is 4.74. The lowest BCUT2D eigenvalue weighted by molar-refractivity contribution is 0.270. The molecular formula is C17H26N4O2S. The fraction of sp³-hybridized carbons (Fsp3) is 0.588. The number of hydrogen-bond acceptors (Lipinski definition) is 3. The molecule has 0 radical (unpaired) electrons. The number of nitrogens with two attached hydrogens (primary N) is 1. The average molecular weight is 350 g/mol. The van der Waals surface area contributed by atoms with Gasteiger partial charge in [-0.1, -0.05) is 25.1 Å². The van der Waals surface area contributed by atoms with Gasteiger partial charge in [0.25, 0.3) is 0 Å². The van der Waals surface area contributed by atoms with Gasteiger partial charge in [-0.25, -0.2) is 8.42 Å². The van der Waals surface area contributed by atoms with Gasteiger partial charge >= 0.3 is 0 Å². The monoisotopic (exact) mass is 350 g/mol. The minimum absolute atomic E-state index is 0.00850. The Hall–Kier alpha value is -1.76. The van der Waals surface area contributed by atoms with E-state index in [0.29, 0.717) is 18.4 Å². The highest BCUT2D eigenvalue weighted by atomic mass is 32.2. The lowest BCUT2D eigenvalue weighted by Crippen LogP contribution is -2.43. The Labute approximate surface area is 144 Å². The maximum atomic E-state index is 12.6. The predicted octanol–water partition coefficient (Wildman–Crippen LogP) is 1.43. The van der Waals surface area contributed by atoms with Crippen molar-refractivity contribution in [2.75, 3.05) is 36.2 Å². The van der Waals surface area contributed by atoms with E-state index in [0.717, 1.165) is 37.2 Å². The standard InChI is InChI=1S/C17H26N4O2S/c1-14-5-4-10-20(13-14)17(18)19-9-12-24(22,23)21-11-8-15-6-2-3-7-16(15)21/h2-3,6-7,14H,4-5,8-13H2,1H3,(H2,18,19). The van der Waals surface area contributed by atoms with E-state index in [1.807, 2.05) is 24.3 Å². The highest BCUT2D eigenvalue weighted by Crippen LogP contribution is 2.29. The van der Waals surface area contributed by atoms with Gasteiger partial charge in [0.05, 0.1) is 18.0 Å². The summed E-state index contributed by atoms with van der Waals surface area (Å²) in [5, 5.41) is 0. The number of aliphatic imine (C=N–C) groups is 1. The summed E-state index contributed by atoms with van der Waals surface area (Å²) in [7, 11) is -3.36. The van der Waals surface area contributed by atoms with Crippen LogP contribution in [0.2, 0.25) is 0 Å². The number of anilines is 1. The minimum atomic E-state index is -3.36. The zero-order valence-electron chi connectivity index (χ0n) is 14.2. The van der Waals surface area contributed by atoms with Gasteiger partial charge in [0.2, 0.25) is 10.0 Å². The molecule has 3 rings (SSSR count). The topological polar surface area (TPSA) is 79.0 Å². The molecule has 132 valence electrons. The van der Waals surface area contributed by atoms with Crippen molar-refractivity contribution in [3.8, 4) is 0 Å². The first-order valence-electron chi connectivity index (χ1n) is 8.60. The molecule has 0 spiro atoms. The maximum Gasteiger partial charge on any atom is 0.237 e. The van der Waals surface area contributed by atoms with Crippen LogP contribution >= 0.6 is 0 Å². The van der Waals surface area contributed by atoms with Crippen LogP contribution in [0.4, 0.5) is 5.69 Å². The molecule has 1 unspecified atom stereocenters. The van der Waals surface area contributed by atoms with E-state index in [2.05, 4.69) is 16.8 Å². The van der Waals surface area contributed by atoms with Gasteiger partial charge in [-0.05, 0) is 36.8 Å². The molecule has 2 N–H and O–H groups in total. The lowest BCUT2D eigenvalue weighted by atomic mass is 10.0. The third kappa shape index (κ3) is 3.66. The molecule has 1 saturated heterocycles. The number of likely N-dealkylation sites (tertiary alicyclic amines) is 1. The average Bonchev–Trinajstić information content (AvgIpc) is 2.99. The summed E-state index contributed by atoms with van der Waals surface area (Å²) in [6, 6.07) is 7.67. The van der Waals surface area contributed by atoms with Crippen molar-refractivity contribution < 1.29 is 8.42 Å². The lowest BCUT2D eigenvalue weighted by Gasteiger charge is -2.31. The minimum Gasteiger partial charge on any atom is -0.370 e. The summed E-state index contributed by atoms with van der Waals surface area (Å²) < 4.78 is 26.7. The van der Waals surface area contributed by atoms with E-state index in [1.165, 1.54) is 10.7 Å². The van der Waals surface area contributed by atoms with Crippen LogP contribution in [-0.2, 0) is 16.4 Å². The van der Waals surface area contributed by atoms with E-state index in [-0.39, 0.29) is 12.3 Å². The van der Waals surface area contributed by atoms with E-state index in [4.69, 9.17) is 5.73 Å². The molecule has 0 amide bonds. The quantitative estimate of drug-likeness (QED) is 0.658. The van der Waals surface area contributed by atoms with Crippen molar-refractivity contribution >= 4 is 21.7 Å². The third-order valence-corrected chi connectivity index (χ3v) is 6.53. The fourth-order valence-corrected chi connectivity index (χ4v) is 4.87. The summed E-state index contributed by atoms with van der Waals surface area (Å²) in [6.07, 6.45) is 3.10. The zero-order chi connectivity index (χ0) is 17.2. The van der Waals surface area contributed by atoms with Crippen molar-refractivity contribution in [3.05, 3.63) is 29.8 Å². The Morgan fingerprint density at radius 2 is 2.12 bits per heavy atom. The number of guanidine groups is 1. The molecule has 1 atom stereocenters. The first kappa shape index (κ1) is 17.1. The first-order valence-corrected chi connectivity index (χ1v) is 10.2. The van der Waals surface area contributed by atoms with Crippen LogP contribution in [0.15, 0.2) is 29.3 Å². The molecule has 2 aliphatic rings. The summed E-state index contributed by atoms with van der Waals surface area (Å²) in [5.74, 6) is 1.07. The molecule has 1 aromatic carbocycles. The number of para-hydroxylation sites is 1. The van der Waals surface area contributed by atoms with E-state index >= 15 is 0 Å². The van der Waals surface area contributed by atoms with E-state index < -0.39 is 10.0 Å². The van der Waals surface area contributed by atoms with Crippen LogP contribution in [0.1, 0.15) is 25.3 Å². The van der Waals surface area contributed by atoms with Crippen molar-refractivity contribution in [1.82, 2.24) is 4.90 Å². The van der Waals surface area contributed by atoms with Crippen LogP contribution < -0.4 is 10.0 Å². The largest absolute Gasteiger partial charge is 0.370 e. The van der Waals surface area contributed by atoms with Crippen molar-refractivity contribution in [1.29, 1.82) is 0 Å². The molecule has 6 nitrogen and oxygen atoms in total. The van der Waals surface area contributed by atoms with E-state index in [1.54, 1.807) is 0 Å². The van der Waals surface area contributed by atoms with Crippen molar-refractivity contribution in [3.63, 3.8) is 0 Å². The molecular weight excluding hydrogens is 324 g/mol. The highest BCUT2D eigenvalue weighted by molar-refractivity contribution is 7.92. The van der Waals surface area contributed by atoms with Crippen LogP contribution in [0, 0.1) is 5.92 Å². The molecule has 1 fully saturated rings. The Morgan fingerprint density at radius 3 is 2.92 bits per heavy atom. The number of hydrogen-bond donors (Lipinski definition) is 1. The molecule has 0 saturated carbocycles. The van der Waals surface area contributed by atoms with Gasteiger partial charge < -0.3 is 10.6 Å². The summed E-state index contributed by atoms with van der Waals surface area (Å²) >= 11 is 0. The van der Waals surface area contributed by atoms with Gasteiger partial charge in [-0.3, -0.25) is 9.30 Å². The van der Waals surface area contributed by atoms with Gasteiger partial charge in [-0.2, -0.15) is 0 Å². The zero-order valence-corrected chi connectivity index (χ0v) is 15.0. The highest BCUT2D eigenvalue weighted by Gasteiger charge is 2.28. The van der Waals surface area contributed by atoms with Crippen LogP contribution in [0.3, 0.4) is 0 Å². The number of fused-ring (bicyclic) bond motifs is 1. The van der Waals surface area contributed by atoms with Gasteiger partial charge in [-0.15, -0.1) is 0 Å². The molecule has 2 aliphatic heterocycles. The Kier molecular flexibility index (Phi) is 4.99. The predicted molar refractivity (Wildman–Crippen MR) is 97.7 cm³/mol. The SMILES string of the molecule is CC1CCCN(C(N)=NCCS(=O)(=O)N2CCc3ccccc32)C1. The van der Waals surface area contributed by atoms with Crippen molar-refractivity contribution in [2.24, 2.45) is 16.6 Å². The van der Waals surface area contributed by atoms with Gasteiger partial charge in [0.15, 0.2) is 5.96 Å². The van der Waals surface area contributed by atoms with Crippen LogP contribution in [0.5, 0.6) is 0 Å². The number of benzene rings is 1. The smallest absolute Gasteiger partial charge is 0.237 e. The Bertz CT molecular complexity index is 717. The summed E-state index contributed by atoms with van der Waals surface area (Å²) in [5.41, 5.74) is 7.93. The number of sulfonamides is 1. The van der Waals surface area contributed by atoms with Crippen LogP contribution in [0.25, 0.3) is 0 Å². The fourth-order valence-electron chi connectivity index (χ4n) is 3.48. The molecule has 24 heavy (non-hydrogen) atoms. The maximum absolute atomic E-state index is 12.6. The second-order valence-electron chi connectivity index (χ2n) is 6.70. The van der Waals surface area contributed by atoms with Gasteiger partial charge in [0.1, 0.15) is 0 Å². The van der Waals surface area contributed by atoms with Gasteiger partial charge in [0, 0.05) is 19.6 Å². The Balaban J connectivity index is 1.61. The Morgan fingerprint density at radius 1 is 1.33 bits per heavy atom. The normalized spacial score (nSPS) is 21.9. The second kappa shape index (κ2) is 7.01. The molecule has 2 heterocycles. The summed E-state index contributed by atoms with van der Waals surface area (Å²) in [4.78, 5) is 6.37. The van der Waals surface area contributed by atoms with Crippen LogP contribution in [-0.4, -0.2) is 51.2 Å². The number of piperidine rings is 1. The molecule has 1 aromatic rings. The second-order valence-corrected chi connectivity index (χ2v) is 8.71. The molecule has 0 aromatic heterocycles. The van der Waals surface area contributed by atoms with Crippen molar-refractivity contribution in [2.45, 2.75) is 26.2 Å². The molecule has 7 heteroatoms. The molecule has 0 aliphatic carbocycles. The number of nitrogens with zero attached hydrogens (tertiary/aromatic N) is 3. The molecule has 0 bridgehead atoms. The third-order valence-electron chi connectivity index (χ3n) is 4.78. The number of rotatable bonds is 4.